The van der Waals surface area contributed by atoms with Gasteiger partial charge in [0.1, 0.15) is 22.1 Å². The van der Waals surface area contributed by atoms with E-state index in [1.54, 1.807) is 0 Å². The van der Waals surface area contributed by atoms with E-state index in [0.717, 1.165) is 50.9 Å². The molecular formula is C44H52N6O8. The van der Waals surface area contributed by atoms with Gasteiger partial charge in [0.2, 0.25) is 0 Å². The molecular weight excluding hydrogens is 741 g/mol. The van der Waals surface area contributed by atoms with Crippen LogP contribution in [0.4, 0.5) is 11.9 Å². The van der Waals surface area contributed by atoms with E-state index in [-0.39, 0.29) is 0 Å². The number of carboxylic acid groups (broad SMARTS) is 4. The van der Waals surface area contributed by atoms with Gasteiger partial charge in [-0.1, -0.05) is 136 Å². The lowest BCUT2D eigenvalue weighted by Crippen LogP contribution is -2.37. The highest BCUT2D eigenvalue weighted by molar-refractivity contribution is 6.26. The summed E-state index contributed by atoms with van der Waals surface area (Å²) >= 11 is 0. The van der Waals surface area contributed by atoms with Crippen molar-refractivity contribution >= 4 is 57.8 Å². The molecule has 0 unspecified atom stereocenters. The molecule has 4 aromatic carbocycles. The van der Waals surface area contributed by atoms with Crippen LogP contribution < -0.4 is 30.8 Å². The number of carbonyl (C=O) groups is 4. The smallest absolute Gasteiger partial charge is 0.356 e. The van der Waals surface area contributed by atoms with Crippen molar-refractivity contribution in [2.75, 3.05) is 11.5 Å². The van der Waals surface area contributed by atoms with E-state index in [1.807, 2.05) is 0 Å². The number of fused-ring (bicyclic) bond motifs is 2. The number of nitrogens with zero attached hydrogens (tertiary/aromatic N) is 4. The summed E-state index contributed by atoms with van der Waals surface area (Å²) < 4.78 is 9.13. The lowest BCUT2D eigenvalue weighted by molar-refractivity contribution is -0.648. The van der Waals surface area contributed by atoms with E-state index in [4.69, 9.17) is 51.1 Å². The van der Waals surface area contributed by atoms with Crippen LogP contribution in [-0.2, 0) is 45.4 Å². The van der Waals surface area contributed by atoms with E-state index in [0.29, 0.717) is 0 Å². The average Bonchev–Trinajstić information content (AvgIpc) is 3.64. The molecule has 0 radical (unpaired) electrons. The zero-order valence-corrected chi connectivity index (χ0v) is 32.6. The van der Waals surface area contributed by atoms with E-state index in [1.165, 1.54) is 84.6 Å². The number of nitrogen functional groups attached to an aromatic ring is 2. The third kappa shape index (κ3) is 12.9. The van der Waals surface area contributed by atoms with E-state index in [9.17, 15) is 0 Å². The van der Waals surface area contributed by atoms with Crippen molar-refractivity contribution in [3.05, 3.63) is 120 Å². The van der Waals surface area contributed by atoms with E-state index < -0.39 is 23.9 Å². The van der Waals surface area contributed by atoms with Gasteiger partial charge in [0, 0.05) is 0 Å². The van der Waals surface area contributed by atoms with E-state index >= 15 is 0 Å². The highest BCUT2D eigenvalue weighted by atomic mass is 16.4. The Morgan fingerprint density at radius 3 is 1.05 bits per heavy atom. The van der Waals surface area contributed by atoms with Crippen LogP contribution in [0.3, 0.4) is 0 Å². The van der Waals surface area contributed by atoms with Gasteiger partial charge in [-0.15, -0.1) is 0 Å². The molecule has 0 spiro atoms. The summed E-state index contributed by atoms with van der Waals surface area (Å²) in [6, 6.07) is 38.4. The number of para-hydroxylation sites is 4. The Bertz CT molecular complexity index is 2070. The maximum atomic E-state index is 9.04. The molecule has 2 heterocycles. The maximum absolute atomic E-state index is 9.04. The summed E-state index contributed by atoms with van der Waals surface area (Å²) in [5.74, 6) is -6.32. The molecule has 0 aliphatic carbocycles. The fourth-order valence-electron chi connectivity index (χ4n) is 6.91. The minimum absolute atomic E-state index is 0.798. The van der Waals surface area contributed by atoms with Crippen LogP contribution in [0.25, 0.3) is 22.1 Å². The number of benzene rings is 4. The maximum Gasteiger partial charge on any atom is 0.356 e. The van der Waals surface area contributed by atoms with Gasteiger partial charge in [-0.25, -0.2) is 27.9 Å². The highest BCUT2D eigenvalue weighted by Gasteiger charge is 2.22. The van der Waals surface area contributed by atoms with Crippen LogP contribution in [0.5, 0.6) is 0 Å². The molecule has 0 saturated carbocycles. The number of aryl methyl sites for hydroxylation is 2. The van der Waals surface area contributed by atoms with Crippen molar-refractivity contribution in [2.24, 2.45) is 0 Å². The first-order valence-corrected chi connectivity index (χ1v) is 19.5. The molecule has 14 heteroatoms. The van der Waals surface area contributed by atoms with Crippen LogP contribution in [0.15, 0.2) is 109 Å². The van der Waals surface area contributed by atoms with Crippen molar-refractivity contribution < 1.29 is 48.7 Å². The first kappa shape index (κ1) is 44.0. The monoisotopic (exact) mass is 792 g/mol. The van der Waals surface area contributed by atoms with Gasteiger partial charge in [0.25, 0.3) is 0 Å². The van der Waals surface area contributed by atoms with Crippen LogP contribution in [0, 0.1) is 0 Å². The fourth-order valence-corrected chi connectivity index (χ4v) is 6.91. The number of hydrogen-bond donors (Lipinski definition) is 4. The molecule has 2 aromatic heterocycles. The Morgan fingerprint density at radius 1 is 0.466 bits per heavy atom. The first-order valence-electron chi connectivity index (χ1n) is 19.5. The summed E-state index contributed by atoms with van der Waals surface area (Å²) in [5.41, 5.74) is 20.8. The van der Waals surface area contributed by atoms with Crippen molar-refractivity contribution in [2.45, 2.75) is 90.4 Å². The standard InChI is InChI=1S/C40H48N6.2C2H2O4/c41-39-43(35-25-15-17-27-37(35)45(39)31-33-21-11-9-12-22-33)29-19-7-5-3-1-2-4-6-8-20-30-44-36-26-16-18-28-38(36)46(40(44)42)32-34-23-13-10-14-24-34;2*3-1(4)2(5)6/h9-18,21-28,41-42H,1-8,19-20,29-32H2;2*(H,3,4)(H,5,6). The Kier molecular flexibility index (Phi) is 17.3. The number of aliphatic carboxylic acids is 4. The highest BCUT2D eigenvalue weighted by Crippen LogP contribution is 2.21. The molecule has 0 amide bonds. The largest absolute Gasteiger partial charge is 0.539 e. The average molecular weight is 793 g/mol. The Balaban J connectivity index is 0.000000542. The summed E-state index contributed by atoms with van der Waals surface area (Å²) in [7, 11) is 0. The molecule has 6 aromatic rings. The number of rotatable bonds is 17. The molecule has 6 rings (SSSR count). The lowest BCUT2D eigenvalue weighted by atomic mass is 10.1. The van der Waals surface area contributed by atoms with Crippen LogP contribution in [-0.4, -0.2) is 43.2 Å². The molecule has 0 atom stereocenters. The van der Waals surface area contributed by atoms with Gasteiger partial charge in [0.15, 0.2) is 11.9 Å². The van der Waals surface area contributed by atoms with Gasteiger partial charge in [-0.3, -0.25) is 11.5 Å². The Hall–Kier alpha value is -6.70. The minimum Gasteiger partial charge on any atom is -0.539 e. The number of imidazole rings is 2. The quantitative estimate of drug-likeness (QED) is 0.0596. The summed E-state index contributed by atoms with van der Waals surface area (Å²) in [6.45, 7) is 3.54. The van der Waals surface area contributed by atoms with Gasteiger partial charge >= 0.3 is 23.8 Å². The predicted molar refractivity (Wildman–Crippen MR) is 216 cm³/mol. The number of carbonyl (C=O) groups excluding carboxylic acids is 2. The normalized spacial score (nSPS) is 10.7. The van der Waals surface area contributed by atoms with Gasteiger partial charge in [0.05, 0.1) is 26.2 Å². The van der Waals surface area contributed by atoms with Crippen LogP contribution >= 0.6 is 0 Å². The van der Waals surface area contributed by atoms with Crippen molar-refractivity contribution in [1.82, 2.24) is 9.13 Å². The predicted octanol–water partition coefficient (Wildman–Crippen LogP) is 3.68. The number of unbranched alkanes of at least 4 members (excludes halogenated alkanes) is 9. The van der Waals surface area contributed by atoms with Crippen molar-refractivity contribution in [3.63, 3.8) is 0 Å². The summed E-state index contributed by atoms with van der Waals surface area (Å²) in [5, 5.41) is 32.6. The van der Waals surface area contributed by atoms with E-state index in [2.05, 4.69) is 127 Å². The molecule has 58 heavy (non-hydrogen) atoms. The third-order valence-corrected chi connectivity index (χ3v) is 9.76. The zero-order chi connectivity index (χ0) is 41.9. The van der Waals surface area contributed by atoms with Crippen molar-refractivity contribution in [1.29, 1.82) is 0 Å². The molecule has 0 aliphatic rings. The van der Waals surface area contributed by atoms with Crippen LogP contribution in [0.1, 0.15) is 75.3 Å². The van der Waals surface area contributed by atoms with Crippen molar-refractivity contribution in [3.8, 4) is 0 Å². The number of nitrogens with two attached hydrogens (primary N) is 2. The Morgan fingerprint density at radius 2 is 0.741 bits per heavy atom. The number of hydrogen-bond acceptors (Lipinski definition) is 8. The second kappa shape index (κ2) is 22.8. The second-order valence-corrected chi connectivity index (χ2v) is 13.9. The van der Waals surface area contributed by atoms with Crippen LogP contribution in [0.2, 0.25) is 0 Å². The molecule has 6 N–H and O–H groups in total. The minimum atomic E-state index is -2.07. The molecule has 0 bridgehead atoms. The SMILES string of the molecule is Nc1n(CCCCCCCCCCCCn2c(N)[n+](Cc3ccccc3)c3ccccc32)c2ccccc2[n+]1Cc1ccccc1.O=C([O-])C(=O)O.O=C([O-])C(=O)O. The van der Waals surface area contributed by atoms with Gasteiger partial charge in [-0.05, 0) is 48.2 Å². The lowest BCUT2D eigenvalue weighted by Gasteiger charge is -2.05. The fraction of sp³-hybridized carbons (Fsp3) is 0.318. The second-order valence-electron chi connectivity index (χ2n) is 13.9. The molecule has 0 saturated heterocycles. The topological polar surface area (TPSA) is 225 Å². The molecule has 306 valence electrons. The third-order valence-electron chi connectivity index (χ3n) is 9.76. The Labute approximate surface area is 337 Å². The summed E-state index contributed by atoms with van der Waals surface area (Å²) in [6.07, 6.45) is 12.7. The number of anilines is 2. The molecule has 0 aliphatic heterocycles. The number of carboxylic acids is 4. The molecule has 14 nitrogen and oxygen atoms in total. The first-order chi connectivity index (χ1) is 28.0. The van der Waals surface area contributed by atoms with Gasteiger partial charge < -0.3 is 30.0 Å². The summed E-state index contributed by atoms with van der Waals surface area (Å²) in [4.78, 5) is 36.1. The zero-order valence-electron chi connectivity index (χ0n) is 32.6. The molecule has 0 fully saturated rings. The number of aromatic nitrogens is 4. The van der Waals surface area contributed by atoms with Gasteiger partial charge in [-0.2, -0.15) is 0 Å².